The number of carbonyl (C=O) groups excluding carboxylic acids is 1. The third-order valence-electron chi connectivity index (χ3n) is 4.93. The third-order valence-corrected chi connectivity index (χ3v) is 4.93. The van der Waals surface area contributed by atoms with Gasteiger partial charge < -0.3 is 15.3 Å². The Morgan fingerprint density at radius 1 is 1.25 bits per heavy atom. The Morgan fingerprint density at radius 3 is 2.50 bits per heavy atom. The van der Waals surface area contributed by atoms with Crippen LogP contribution in [0.3, 0.4) is 0 Å². The second kappa shape index (κ2) is 6.57. The highest BCUT2D eigenvalue weighted by atomic mass is 16.4. The predicted molar refractivity (Wildman–Crippen MR) is 76.4 cm³/mol. The van der Waals surface area contributed by atoms with Gasteiger partial charge in [-0.1, -0.05) is 12.8 Å². The van der Waals surface area contributed by atoms with Crippen molar-refractivity contribution in [2.75, 3.05) is 20.1 Å². The average Bonchev–Trinajstić information content (AvgIpc) is 2.96. The number of hydrogen-bond acceptors (Lipinski definition) is 3. The van der Waals surface area contributed by atoms with Gasteiger partial charge in [0, 0.05) is 19.0 Å². The number of amides is 1. The molecule has 1 heterocycles. The summed E-state index contributed by atoms with van der Waals surface area (Å²) in [5.41, 5.74) is -0.294. The molecule has 20 heavy (non-hydrogen) atoms. The molecule has 2 fully saturated rings. The Labute approximate surface area is 120 Å². The van der Waals surface area contributed by atoms with Gasteiger partial charge in [0.15, 0.2) is 0 Å². The summed E-state index contributed by atoms with van der Waals surface area (Å²) >= 11 is 0. The molecule has 0 aromatic heterocycles. The monoisotopic (exact) mass is 282 g/mol. The SMILES string of the molecule is CN1CCCC1CNC(=O)CC1(CC(=O)O)CCCC1. The number of carboxylic acid groups (broad SMARTS) is 1. The van der Waals surface area contributed by atoms with Crippen LogP contribution in [0.4, 0.5) is 0 Å². The number of hydrogen-bond donors (Lipinski definition) is 2. The zero-order valence-electron chi connectivity index (χ0n) is 12.4. The molecule has 2 N–H and O–H groups in total. The van der Waals surface area contributed by atoms with Crippen LogP contribution in [0.5, 0.6) is 0 Å². The van der Waals surface area contributed by atoms with Crippen LogP contribution in [0.15, 0.2) is 0 Å². The maximum atomic E-state index is 12.1. The van der Waals surface area contributed by atoms with Gasteiger partial charge in [0.05, 0.1) is 6.42 Å². The van der Waals surface area contributed by atoms with Crippen LogP contribution in [0.1, 0.15) is 51.4 Å². The van der Waals surface area contributed by atoms with Gasteiger partial charge in [0.2, 0.25) is 5.91 Å². The van der Waals surface area contributed by atoms with Crippen LogP contribution in [0.25, 0.3) is 0 Å². The van der Waals surface area contributed by atoms with Crippen molar-refractivity contribution >= 4 is 11.9 Å². The number of likely N-dealkylation sites (tertiary alicyclic amines) is 1. The van der Waals surface area contributed by atoms with E-state index in [1.54, 1.807) is 0 Å². The van der Waals surface area contributed by atoms with Crippen LogP contribution in [0.2, 0.25) is 0 Å². The number of carbonyl (C=O) groups is 2. The largest absolute Gasteiger partial charge is 0.481 e. The second-order valence-electron chi connectivity index (χ2n) is 6.54. The molecule has 1 atom stereocenters. The Morgan fingerprint density at radius 2 is 1.95 bits per heavy atom. The third kappa shape index (κ3) is 3.95. The summed E-state index contributed by atoms with van der Waals surface area (Å²) in [5.74, 6) is -0.760. The molecule has 5 heteroatoms. The number of rotatable bonds is 6. The molecule has 1 aliphatic heterocycles. The summed E-state index contributed by atoms with van der Waals surface area (Å²) in [6, 6.07) is 0.443. The molecule has 0 bridgehead atoms. The van der Waals surface area contributed by atoms with Gasteiger partial charge >= 0.3 is 5.97 Å². The van der Waals surface area contributed by atoms with Crippen LogP contribution in [-0.2, 0) is 9.59 Å². The van der Waals surface area contributed by atoms with E-state index >= 15 is 0 Å². The Kier molecular flexibility index (Phi) is 5.02. The maximum absolute atomic E-state index is 12.1. The van der Waals surface area contributed by atoms with Crippen molar-refractivity contribution in [2.45, 2.75) is 57.4 Å². The number of likely N-dealkylation sites (N-methyl/N-ethyl adjacent to an activating group) is 1. The van der Waals surface area contributed by atoms with Gasteiger partial charge in [-0.3, -0.25) is 9.59 Å². The van der Waals surface area contributed by atoms with Crippen molar-refractivity contribution < 1.29 is 14.7 Å². The van der Waals surface area contributed by atoms with Gasteiger partial charge in [0.1, 0.15) is 0 Å². The summed E-state index contributed by atoms with van der Waals surface area (Å²) in [6.07, 6.45) is 6.67. The molecular weight excluding hydrogens is 256 g/mol. The molecule has 1 saturated carbocycles. The average molecular weight is 282 g/mol. The molecule has 0 aromatic carbocycles. The van der Waals surface area contributed by atoms with Crippen molar-refractivity contribution in [3.63, 3.8) is 0 Å². The fourth-order valence-electron chi connectivity index (χ4n) is 3.73. The summed E-state index contributed by atoms with van der Waals surface area (Å²) in [4.78, 5) is 25.4. The summed E-state index contributed by atoms with van der Waals surface area (Å²) in [7, 11) is 2.09. The topological polar surface area (TPSA) is 69.6 Å². The maximum Gasteiger partial charge on any atom is 0.303 e. The highest BCUT2D eigenvalue weighted by Gasteiger charge is 2.38. The van der Waals surface area contributed by atoms with Crippen molar-refractivity contribution in [1.82, 2.24) is 10.2 Å². The van der Waals surface area contributed by atoms with Crippen molar-refractivity contribution in [2.24, 2.45) is 5.41 Å². The minimum atomic E-state index is -0.782. The van der Waals surface area contributed by atoms with E-state index in [2.05, 4.69) is 17.3 Å². The summed E-state index contributed by atoms with van der Waals surface area (Å²) in [5, 5.41) is 12.1. The predicted octanol–water partition coefficient (Wildman–Crippen LogP) is 1.62. The molecule has 0 radical (unpaired) electrons. The number of carboxylic acids is 1. The molecule has 1 unspecified atom stereocenters. The molecular formula is C15H26N2O3. The highest BCUT2D eigenvalue weighted by molar-refractivity contribution is 5.78. The second-order valence-corrected chi connectivity index (χ2v) is 6.54. The van der Waals surface area contributed by atoms with Crippen LogP contribution in [-0.4, -0.2) is 48.1 Å². The Hall–Kier alpha value is -1.10. The van der Waals surface area contributed by atoms with E-state index in [1.807, 2.05) is 0 Å². The standard InChI is InChI=1S/C15H26N2O3/c1-17-8-4-5-12(17)11-16-13(18)9-15(10-14(19)20)6-2-3-7-15/h12H,2-11H2,1H3,(H,16,18)(H,19,20). The minimum Gasteiger partial charge on any atom is -0.481 e. The minimum absolute atomic E-state index is 0.0217. The Bertz CT molecular complexity index is 364. The van der Waals surface area contributed by atoms with Gasteiger partial charge in [-0.25, -0.2) is 0 Å². The van der Waals surface area contributed by atoms with E-state index in [9.17, 15) is 9.59 Å². The van der Waals surface area contributed by atoms with Crippen molar-refractivity contribution in [1.29, 1.82) is 0 Å². The van der Waals surface area contributed by atoms with Gasteiger partial charge in [-0.15, -0.1) is 0 Å². The Balaban J connectivity index is 1.81. The molecule has 1 aliphatic carbocycles. The van der Waals surface area contributed by atoms with Gasteiger partial charge in [-0.2, -0.15) is 0 Å². The molecule has 1 saturated heterocycles. The number of nitrogens with one attached hydrogen (secondary N) is 1. The first-order valence-electron chi connectivity index (χ1n) is 7.69. The zero-order chi connectivity index (χ0) is 14.6. The van der Waals surface area contributed by atoms with Crippen molar-refractivity contribution in [3.8, 4) is 0 Å². The first-order valence-corrected chi connectivity index (χ1v) is 7.69. The van der Waals surface area contributed by atoms with Crippen LogP contribution in [0, 0.1) is 5.41 Å². The lowest BCUT2D eigenvalue weighted by Gasteiger charge is -2.27. The molecule has 0 aromatic rings. The fourth-order valence-corrected chi connectivity index (χ4v) is 3.73. The molecule has 114 valence electrons. The quantitative estimate of drug-likeness (QED) is 0.777. The van der Waals surface area contributed by atoms with Gasteiger partial charge in [-0.05, 0) is 44.7 Å². The summed E-state index contributed by atoms with van der Waals surface area (Å²) in [6.45, 7) is 1.79. The van der Waals surface area contributed by atoms with E-state index in [4.69, 9.17) is 5.11 Å². The number of nitrogens with zero attached hydrogens (tertiary/aromatic N) is 1. The normalized spacial score (nSPS) is 25.8. The van der Waals surface area contributed by atoms with Crippen LogP contribution >= 0.6 is 0 Å². The molecule has 2 aliphatic rings. The van der Waals surface area contributed by atoms with E-state index in [0.717, 1.165) is 38.6 Å². The lowest BCUT2D eigenvalue weighted by atomic mass is 9.79. The van der Waals surface area contributed by atoms with E-state index in [0.29, 0.717) is 19.0 Å². The fraction of sp³-hybridized carbons (Fsp3) is 0.867. The lowest BCUT2D eigenvalue weighted by molar-refractivity contribution is -0.140. The molecule has 0 spiro atoms. The van der Waals surface area contributed by atoms with E-state index in [-0.39, 0.29) is 17.7 Å². The molecule has 5 nitrogen and oxygen atoms in total. The summed E-state index contributed by atoms with van der Waals surface area (Å²) < 4.78 is 0. The van der Waals surface area contributed by atoms with E-state index in [1.165, 1.54) is 6.42 Å². The van der Waals surface area contributed by atoms with Gasteiger partial charge in [0.25, 0.3) is 0 Å². The first kappa shape index (κ1) is 15.3. The van der Waals surface area contributed by atoms with E-state index < -0.39 is 5.97 Å². The molecule has 1 amide bonds. The zero-order valence-corrected chi connectivity index (χ0v) is 12.4. The van der Waals surface area contributed by atoms with Crippen molar-refractivity contribution in [3.05, 3.63) is 0 Å². The highest BCUT2D eigenvalue weighted by Crippen LogP contribution is 2.43. The molecule has 2 rings (SSSR count). The van der Waals surface area contributed by atoms with Crippen LogP contribution < -0.4 is 5.32 Å². The lowest BCUT2D eigenvalue weighted by Crippen LogP contribution is -2.40. The smallest absolute Gasteiger partial charge is 0.303 e. The number of aliphatic carboxylic acids is 1. The first-order chi connectivity index (χ1) is 9.51.